The summed E-state index contributed by atoms with van der Waals surface area (Å²) in [4.78, 5) is 16.3. The van der Waals surface area contributed by atoms with Gasteiger partial charge in [0.1, 0.15) is 11.0 Å². The molecule has 3 aromatic rings. The molecule has 1 N–H and O–H groups in total. The number of anilines is 1. The molecule has 3 nitrogen and oxygen atoms in total. The molecule has 0 atom stereocenters. The Labute approximate surface area is 125 Å². The minimum absolute atomic E-state index is 0.0431. The molecule has 0 fully saturated rings. The van der Waals surface area contributed by atoms with Crippen molar-refractivity contribution in [2.75, 3.05) is 5.32 Å². The zero-order valence-corrected chi connectivity index (χ0v) is 11.6. The van der Waals surface area contributed by atoms with Gasteiger partial charge in [0.2, 0.25) is 0 Å². The van der Waals surface area contributed by atoms with E-state index in [1.165, 1.54) is 12.1 Å². The Bertz CT molecular complexity index is 821. The first-order valence-electron chi connectivity index (χ1n) is 6.26. The number of fused-ring (bicyclic) bond motifs is 1. The first-order chi connectivity index (χ1) is 10.1. The smallest absolute Gasteiger partial charge is 0.258 e. The van der Waals surface area contributed by atoms with Gasteiger partial charge < -0.3 is 5.32 Å². The fourth-order valence-electron chi connectivity index (χ4n) is 2.00. The molecule has 5 heteroatoms. The highest BCUT2D eigenvalue weighted by Crippen LogP contribution is 2.22. The van der Waals surface area contributed by atoms with Crippen molar-refractivity contribution in [3.05, 3.63) is 71.1 Å². The molecule has 21 heavy (non-hydrogen) atoms. The molecule has 0 bridgehead atoms. The fourth-order valence-corrected chi connectivity index (χ4v) is 2.23. The van der Waals surface area contributed by atoms with Crippen molar-refractivity contribution in [1.82, 2.24) is 4.98 Å². The lowest BCUT2D eigenvalue weighted by Crippen LogP contribution is -2.13. The molecule has 1 aromatic heterocycles. The van der Waals surface area contributed by atoms with Gasteiger partial charge in [0.15, 0.2) is 0 Å². The van der Waals surface area contributed by atoms with Crippen LogP contribution in [0.3, 0.4) is 0 Å². The maximum absolute atomic E-state index is 13.2. The summed E-state index contributed by atoms with van der Waals surface area (Å²) in [6.07, 6.45) is 0. The Hall–Kier alpha value is -2.46. The van der Waals surface area contributed by atoms with Crippen molar-refractivity contribution < 1.29 is 9.18 Å². The Kier molecular flexibility index (Phi) is 3.54. The summed E-state index contributed by atoms with van der Waals surface area (Å²) in [5.41, 5.74) is 1.33. The molecule has 0 saturated carbocycles. The van der Waals surface area contributed by atoms with E-state index < -0.39 is 5.82 Å². The summed E-state index contributed by atoms with van der Waals surface area (Å²) < 4.78 is 13.2. The number of rotatable bonds is 2. The van der Waals surface area contributed by atoms with Crippen LogP contribution in [0.25, 0.3) is 10.9 Å². The van der Waals surface area contributed by atoms with Crippen molar-refractivity contribution >= 4 is 34.1 Å². The zero-order chi connectivity index (χ0) is 14.8. The quantitative estimate of drug-likeness (QED) is 0.718. The number of carbonyl (C=O) groups is 1. The van der Waals surface area contributed by atoms with E-state index >= 15 is 0 Å². The van der Waals surface area contributed by atoms with E-state index in [1.54, 1.807) is 24.3 Å². The molecule has 0 saturated heterocycles. The lowest BCUT2D eigenvalue weighted by Gasteiger charge is -2.07. The van der Waals surface area contributed by atoms with Gasteiger partial charge in [-0.25, -0.2) is 9.37 Å². The summed E-state index contributed by atoms with van der Waals surface area (Å²) >= 11 is 6.02. The van der Waals surface area contributed by atoms with Gasteiger partial charge in [0, 0.05) is 17.1 Å². The molecule has 2 aromatic carbocycles. The highest BCUT2D eigenvalue weighted by atomic mass is 35.5. The highest BCUT2D eigenvalue weighted by Gasteiger charge is 2.13. The summed E-state index contributed by atoms with van der Waals surface area (Å²) in [5, 5.41) is 3.43. The van der Waals surface area contributed by atoms with E-state index in [4.69, 9.17) is 11.6 Å². The van der Waals surface area contributed by atoms with E-state index in [0.29, 0.717) is 16.6 Å². The van der Waals surface area contributed by atoms with Gasteiger partial charge >= 0.3 is 0 Å². The van der Waals surface area contributed by atoms with E-state index in [-0.39, 0.29) is 16.6 Å². The number of benzene rings is 2. The predicted molar refractivity (Wildman–Crippen MR) is 81.1 cm³/mol. The van der Waals surface area contributed by atoms with Gasteiger partial charge in [0.05, 0.1) is 11.1 Å². The van der Waals surface area contributed by atoms with E-state index in [0.717, 1.165) is 0 Å². The SMILES string of the molecule is O=C(Nc1ccccc1)c1cc2ccc(F)cc2nc1Cl. The van der Waals surface area contributed by atoms with Crippen LogP contribution in [-0.4, -0.2) is 10.9 Å². The number of nitrogens with one attached hydrogen (secondary N) is 1. The molecule has 1 amide bonds. The van der Waals surface area contributed by atoms with Crippen molar-refractivity contribution in [1.29, 1.82) is 0 Å². The monoisotopic (exact) mass is 300 g/mol. The average molecular weight is 301 g/mol. The van der Waals surface area contributed by atoms with Crippen molar-refractivity contribution in [3.63, 3.8) is 0 Å². The summed E-state index contributed by atoms with van der Waals surface area (Å²) in [6.45, 7) is 0. The van der Waals surface area contributed by atoms with Gasteiger partial charge in [-0.1, -0.05) is 29.8 Å². The molecular weight excluding hydrogens is 291 g/mol. The molecule has 3 rings (SSSR count). The molecule has 0 radical (unpaired) electrons. The Morgan fingerprint density at radius 3 is 2.62 bits per heavy atom. The number of pyridine rings is 1. The number of nitrogens with zero attached hydrogens (tertiary/aromatic N) is 1. The lowest BCUT2D eigenvalue weighted by molar-refractivity contribution is 0.102. The van der Waals surface area contributed by atoms with Crippen LogP contribution in [0.1, 0.15) is 10.4 Å². The fraction of sp³-hybridized carbons (Fsp3) is 0. The maximum atomic E-state index is 13.2. The largest absolute Gasteiger partial charge is 0.322 e. The van der Waals surface area contributed by atoms with Crippen LogP contribution in [0.15, 0.2) is 54.6 Å². The number of amides is 1. The predicted octanol–water partition coefficient (Wildman–Crippen LogP) is 4.28. The number of hydrogen-bond donors (Lipinski definition) is 1. The second-order valence-corrected chi connectivity index (χ2v) is 4.84. The van der Waals surface area contributed by atoms with Gasteiger partial charge in [-0.2, -0.15) is 0 Å². The molecule has 0 aliphatic rings. The third-order valence-corrected chi connectivity index (χ3v) is 3.30. The summed E-state index contributed by atoms with van der Waals surface area (Å²) in [5.74, 6) is -0.752. The first-order valence-corrected chi connectivity index (χ1v) is 6.63. The molecule has 0 aliphatic heterocycles. The minimum Gasteiger partial charge on any atom is -0.322 e. The van der Waals surface area contributed by atoms with E-state index in [1.807, 2.05) is 18.2 Å². The Balaban J connectivity index is 1.98. The third-order valence-electron chi connectivity index (χ3n) is 3.01. The second kappa shape index (κ2) is 5.50. The number of aromatic nitrogens is 1. The van der Waals surface area contributed by atoms with Gasteiger partial charge in [-0.05, 0) is 30.3 Å². The number of hydrogen-bond acceptors (Lipinski definition) is 2. The van der Waals surface area contributed by atoms with E-state index in [9.17, 15) is 9.18 Å². The highest BCUT2D eigenvalue weighted by molar-refractivity contribution is 6.33. The zero-order valence-electron chi connectivity index (χ0n) is 10.8. The van der Waals surface area contributed by atoms with Crippen LogP contribution in [0.4, 0.5) is 10.1 Å². The van der Waals surface area contributed by atoms with Crippen molar-refractivity contribution in [2.24, 2.45) is 0 Å². The lowest BCUT2D eigenvalue weighted by atomic mass is 10.1. The maximum Gasteiger partial charge on any atom is 0.258 e. The van der Waals surface area contributed by atoms with Crippen molar-refractivity contribution in [3.8, 4) is 0 Å². The third kappa shape index (κ3) is 2.85. The molecule has 0 spiro atoms. The number of halogens is 2. The summed E-state index contributed by atoms with van der Waals surface area (Å²) in [7, 11) is 0. The average Bonchev–Trinajstić information content (AvgIpc) is 2.47. The normalized spacial score (nSPS) is 10.6. The standard InChI is InChI=1S/C16H10ClFN2O/c17-15-13(16(21)19-12-4-2-1-3-5-12)8-10-6-7-11(18)9-14(10)20-15/h1-9H,(H,19,21). The van der Waals surface area contributed by atoms with Crippen LogP contribution in [-0.2, 0) is 0 Å². The minimum atomic E-state index is -0.396. The number of para-hydroxylation sites is 1. The second-order valence-electron chi connectivity index (χ2n) is 4.48. The Morgan fingerprint density at radius 2 is 1.86 bits per heavy atom. The van der Waals surface area contributed by atoms with Gasteiger partial charge in [-0.15, -0.1) is 0 Å². The van der Waals surface area contributed by atoms with Crippen LogP contribution >= 0.6 is 11.6 Å². The molecule has 0 unspecified atom stereocenters. The van der Waals surface area contributed by atoms with Crippen LogP contribution < -0.4 is 5.32 Å². The van der Waals surface area contributed by atoms with Gasteiger partial charge in [0.25, 0.3) is 5.91 Å². The molecular formula is C16H10ClFN2O. The van der Waals surface area contributed by atoms with Crippen LogP contribution in [0.5, 0.6) is 0 Å². The molecule has 104 valence electrons. The van der Waals surface area contributed by atoms with E-state index in [2.05, 4.69) is 10.3 Å². The van der Waals surface area contributed by atoms with Crippen LogP contribution in [0, 0.1) is 5.82 Å². The topological polar surface area (TPSA) is 42.0 Å². The number of carbonyl (C=O) groups excluding carboxylic acids is 1. The molecule has 1 heterocycles. The van der Waals surface area contributed by atoms with Gasteiger partial charge in [-0.3, -0.25) is 4.79 Å². The first kappa shape index (κ1) is 13.5. The Morgan fingerprint density at radius 1 is 1.10 bits per heavy atom. The van der Waals surface area contributed by atoms with Crippen molar-refractivity contribution in [2.45, 2.75) is 0 Å². The summed E-state index contributed by atoms with van der Waals surface area (Å²) in [6, 6.07) is 14.8. The molecule has 0 aliphatic carbocycles. The van der Waals surface area contributed by atoms with Crippen LogP contribution in [0.2, 0.25) is 5.15 Å².